The van der Waals surface area contributed by atoms with Gasteiger partial charge in [-0.15, -0.1) is 0 Å². The largest absolute Gasteiger partial charge is 0.351 e. The Labute approximate surface area is 171 Å². The van der Waals surface area contributed by atoms with Crippen molar-refractivity contribution in [3.63, 3.8) is 0 Å². The van der Waals surface area contributed by atoms with Gasteiger partial charge in [-0.25, -0.2) is 13.6 Å². The second-order valence-corrected chi connectivity index (χ2v) is 7.68. The van der Waals surface area contributed by atoms with Crippen LogP contribution in [-0.4, -0.2) is 42.6 Å². The fraction of sp³-hybridized carbons (Fsp3) is 0.300. The number of carbonyl (C=O) groups excluding carboxylic acids is 2. The van der Waals surface area contributed by atoms with Crippen molar-refractivity contribution in [2.75, 3.05) is 30.4 Å². The second-order valence-electron chi connectivity index (χ2n) is 7.25. The number of hydrogen-bond donors (Lipinski definition) is 2. The topological polar surface area (TPSA) is 64.7 Å². The Morgan fingerprint density at radius 2 is 1.90 bits per heavy atom. The van der Waals surface area contributed by atoms with Crippen molar-refractivity contribution < 1.29 is 18.4 Å². The van der Waals surface area contributed by atoms with Crippen LogP contribution < -0.4 is 15.5 Å². The zero-order chi connectivity index (χ0) is 20.8. The van der Waals surface area contributed by atoms with E-state index >= 15 is 0 Å². The summed E-state index contributed by atoms with van der Waals surface area (Å²) in [7, 11) is 1.88. The summed E-state index contributed by atoms with van der Waals surface area (Å²) in [6.45, 7) is 0.673. The van der Waals surface area contributed by atoms with Crippen LogP contribution in [0.3, 0.4) is 0 Å². The van der Waals surface area contributed by atoms with Crippen LogP contribution in [0.1, 0.15) is 23.2 Å². The molecule has 2 aromatic rings. The number of urea groups is 1. The fourth-order valence-corrected chi connectivity index (χ4v) is 4.06. The van der Waals surface area contributed by atoms with E-state index in [1.54, 1.807) is 18.2 Å². The van der Waals surface area contributed by atoms with E-state index in [0.29, 0.717) is 36.5 Å². The van der Waals surface area contributed by atoms with Crippen molar-refractivity contribution >= 4 is 34.9 Å². The van der Waals surface area contributed by atoms with Crippen molar-refractivity contribution in [3.8, 4) is 0 Å². The molecule has 1 spiro atoms. The predicted molar refractivity (Wildman–Crippen MR) is 106 cm³/mol. The first-order chi connectivity index (χ1) is 13.8. The van der Waals surface area contributed by atoms with Crippen LogP contribution >= 0.6 is 11.6 Å². The number of nitrogens with one attached hydrogen (secondary N) is 2. The Bertz CT molecular complexity index is 992. The molecule has 0 bridgehead atoms. The molecule has 2 heterocycles. The average Bonchev–Trinajstić information content (AvgIpc) is 2.69. The molecule has 0 unspecified atom stereocenters. The van der Waals surface area contributed by atoms with Gasteiger partial charge in [-0.3, -0.25) is 4.79 Å². The number of nitrogens with zero attached hydrogens (tertiary/aromatic N) is 2. The van der Waals surface area contributed by atoms with Crippen molar-refractivity contribution in [1.82, 2.24) is 10.2 Å². The molecule has 1 fully saturated rings. The first-order valence-electron chi connectivity index (χ1n) is 9.16. The van der Waals surface area contributed by atoms with Crippen molar-refractivity contribution in [2.45, 2.75) is 18.5 Å². The van der Waals surface area contributed by atoms with Gasteiger partial charge in [0, 0.05) is 44.1 Å². The second kappa shape index (κ2) is 7.18. The SMILES string of the molecule is CN1c2cc(Cl)ccc2C(=O)NC12CCN(C(=O)Nc1cc(F)ccc1F)CC2. The number of carbonyl (C=O) groups is 2. The first-order valence-corrected chi connectivity index (χ1v) is 9.54. The molecule has 1 saturated heterocycles. The highest BCUT2D eigenvalue weighted by molar-refractivity contribution is 6.31. The highest BCUT2D eigenvalue weighted by Crippen LogP contribution is 2.37. The Balaban J connectivity index is 1.48. The maximum Gasteiger partial charge on any atom is 0.321 e. The minimum absolute atomic E-state index is 0.186. The lowest BCUT2D eigenvalue weighted by atomic mass is 9.90. The zero-order valence-electron chi connectivity index (χ0n) is 15.6. The molecule has 4 rings (SSSR count). The van der Waals surface area contributed by atoms with Crippen molar-refractivity contribution in [3.05, 3.63) is 58.6 Å². The predicted octanol–water partition coefficient (Wildman–Crippen LogP) is 3.82. The molecular weight excluding hydrogens is 402 g/mol. The molecule has 0 saturated carbocycles. The molecule has 0 atom stereocenters. The highest BCUT2D eigenvalue weighted by atomic mass is 35.5. The molecule has 0 aromatic heterocycles. The van der Waals surface area contributed by atoms with Gasteiger partial charge in [0.1, 0.15) is 17.3 Å². The number of rotatable bonds is 1. The number of halogens is 3. The molecule has 9 heteroatoms. The molecule has 2 aliphatic heterocycles. The van der Waals surface area contributed by atoms with Crippen LogP contribution in [0.15, 0.2) is 36.4 Å². The number of likely N-dealkylation sites (tertiary alicyclic amines) is 1. The van der Waals surface area contributed by atoms with Gasteiger partial charge in [0.15, 0.2) is 0 Å². The summed E-state index contributed by atoms with van der Waals surface area (Å²) in [6.07, 6.45) is 0.945. The van der Waals surface area contributed by atoms with E-state index < -0.39 is 23.3 Å². The summed E-state index contributed by atoms with van der Waals surface area (Å²) >= 11 is 6.11. The molecule has 29 heavy (non-hydrogen) atoms. The lowest BCUT2D eigenvalue weighted by Crippen LogP contribution is -2.67. The first kappa shape index (κ1) is 19.4. The molecule has 0 radical (unpaired) electrons. The van der Waals surface area contributed by atoms with E-state index in [0.717, 1.165) is 23.9 Å². The van der Waals surface area contributed by atoms with E-state index in [2.05, 4.69) is 10.6 Å². The van der Waals surface area contributed by atoms with Crippen LogP contribution in [0.25, 0.3) is 0 Å². The van der Waals surface area contributed by atoms with Crippen LogP contribution in [0.5, 0.6) is 0 Å². The van der Waals surface area contributed by atoms with Crippen LogP contribution in [0, 0.1) is 11.6 Å². The van der Waals surface area contributed by atoms with Crippen LogP contribution in [-0.2, 0) is 0 Å². The third-order valence-corrected chi connectivity index (χ3v) is 5.84. The summed E-state index contributed by atoms with van der Waals surface area (Å²) in [4.78, 5) is 28.6. The number of hydrogen-bond acceptors (Lipinski definition) is 3. The highest BCUT2D eigenvalue weighted by Gasteiger charge is 2.44. The quantitative estimate of drug-likeness (QED) is 0.737. The Hall–Kier alpha value is -2.87. The van der Waals surface area contributed by atoms with Gasteiger partial charge in [-0.05, 0) is 30.3 Å². The maximum absolute atomic E-state index is 13.8. The minimum atomic E-state index is -0.707. The summed E-state index contributed by atoms with van der Waals surface area (Å²) in [5.41, 5.74) is 0.433. The lowest BCUT2D eigenvalue weighted by molar-refractivity contribution is 0.0815. The lowest BCUT2D eigenvalue weighted by Gasteiger charge is -2.51. The number of anilines is 2. The Morgan fingerprint density at radius 1 is 1.17 bits per heavy atom. The third kappa shape index (κ3) is 3.48. The van der Waals surface area contributed by atoms with Gasteiger partial charge in [0.05, 0.1) is 16.9 Å². The third-order valence-electron chi connectivity index (χ3n) is 5.60. The zero-order valence-corrected chi connectivity index (χ0v) is 16.4. The fourth-order valence-electron chi connectivity index (χ4n) is 3.90. The van der Waals surface area contributed by atoms with Crippen molar-refractivity contribution in [2.24, 2.45) is 0 Å². The molecule has 6 nitrogen and oxygen atoms in total. The smallest absolute Gasteiger partial charge is 0.321 e. The number of benzene rings is 2. The van der Waals surface area contributed by atoms with Gasteiger partial charge < -0.3 is 20.4 Å². The molecule has 2 aromatic carbocycles. The average molecular weight is 421 g/mol. The number of piperidine rings is 1. The van der Waals surface area contributed by atoms with Crippen LogP contribution in [0.2, 0.25) is 5.02 Å². The Kier molecular flexibility index (Phi) is 4.82. The van der Waals surface area contributed by atoms with Crippen molar-refractivity contribution in [1.29, 1.82) is 0 Å². The summed E-state index contributed by atoms with van der Waals surface area (Å²) in [5, 5.41) is 6.00. The summed E-state index contributed by atoms with van der Waals surface area (Å²) < 4.78 is 27.1. The minimum Gasteiger partial charge on any atom is -0.351 e. The van der Waals surface area contributed by atoms with Gasteiger partial charge in [0.2, 0.25) is 0 Å². The standard InChI is InChI=1S/C20H19ClF2N4O2/c1-26-17-10-12(21)2-4-14(17)18(28)25-20(26)6-8-27(9-7-20)19(29)24-16-11-13(22)3-5-15(16)23/h2-5,10-11H,6-9H2,1H3,(H,24,29)(H,25,28). The molecule has 152 valence electrons. The number of amides is 3. The van der Waals surface area contributed by atoms with Gasteiger partial charge in [-0.1, -0.05) is 11.6 Å². The van der Waals surface area contributed by atoms with Gasteiger partial charge >= 0.3 is 6.03 Å². The van der Waals surface area contributed by atoms with E-state index in [-0.39, 0.29) is 11.6 Å². The number of fused-ring (bicyclic) bond motifs is 1. The van der Waals surface area contributed by atoms with Crippen LogP contribution in [0.4, 0.5) is 25.0 Å². The van der Waals surface area contributed by atoms with Gasteiger partial charge in [-0.2, -0.15) is 0 Å². The monoisotopic (exact) mass is 420 g/mol. The molecule has 2 aliphatic rings. The van der Waals surface area contributed by atoms with E-state index in [9.17, 15) is 18.4 Å². The van der Waals surface area contributed by atoms with Gasteiger partial charge in [0.25, 0.3) is 5.91 Å². The van der Waals surface area contributed by atoms with E-state index in [4.69, 9.17) is 11.6 Å². The Morgan fingerprint density at radius 3 is 2.62 bits per heavy atom. The molecule has 0 aliphatic carbocycles. The van der Waals surface area contributed by atoms with E-state index in [1.165, 1.54) is 4.90 Å². The normalized spacial score (nSPS) is 17.7. The van der Waals surface area contributed by atoms with E-state index in [1.807, 2.05) is 11.9 Å². The summed E-state index contributed by atoms with van der Waals surface area (Å²) in [6, 6.07) is 7.48. The molecule has 3 amide bonds. The molecular formula is C20H19ClF2N4O2. The maximum atomic E-state index is 13.8. The molecule has 2 N–H and O–H groups in total. The summed E-state index contributed by atoms with van der Waals surface area (Å²) in [5.74, 6) is -1.53.